The van der Waals surface area contributed by atoms with Crippen LogP contribution in [0.5, 0.6) is 0 Å². The maximum atomic E-state index is 9.23. The Labute approximate surface area is 99.2 Å². The Hall–Kier alpha value is -0.120. The molecule has 1 aliphatic heterocycles. The minimum atomic E-state index is 0.372. The number of aliphatic hydroxyl groups is 1. The van der Waals surface area contributed by atoms with Crippen LogP contribution in [0, 0.1) is 11.8 Å². The molecule has 2 rings (SSSR count). The number of aliphatic hydroxyl groups excluding tert-OH is 1. The molecule has 0 radical (unpaired) electrons. The van der Waals surface area contributed by atoms with E-state index in [9.17, 15) is 5.11 Å². The molecule has 2 fully saturated rings. The summed E-state index contributed by atoms with van der Waals surface area (Å²) in [6, 6.07) is 0.731. The van der Waals surface area contributed by atoms with Gasteiger partial charge in [0.25, 0.3) is 0 Å². The first-order valence-electron chi connectivity index (χ1n) is 6.84. The highest BCUT2D eigenvalue weighted by Gasteiger charge is 2.29. The van der Waals surface area contributed by atoms with E-state index in [-0.39, 0.29) is 0 Å². The van der Waals surface area contributed by atoms with Crippen molar-refractivity contribution in [3.8, 4) is 0 Å². The van der Waals surface area contributed by atoms with E-state index in [0.29, 0.717) is 12.5 Å². The van der Waals surface area contributed by atoms with Crippen molar-refractivity contribution in [2.45, 2.75) is 38.1 Å². The van der Waals surface area contributed by atoms with Gasteiger partial charge in [0.2, 0.25) is 0 Å². The van der Waals surface area contributed by atoms with Gasteiger partial charge in [-0.2, -0.15) is 0 Å². The first-order chi connectivity index (χ1) is 7.83. The number of nitrogens with one attached hydrogen (secondary N) is 1. The van der Waals surface area contributed by atoms with Crippen LogP contribution in [-0.4, -0.2) is 49.3 Å². The van der Waals surface area contributed by atoms with Crippen molar-refractivity contribution in [2.24, 2.45) is 11.8 Å². The lowest BCUT2D eigenvalue weighted by molar-refractivity contribution is 0.105. The molecule has 0 aromatic heterocycles. The van der Waals surface area contributed by atoms with Crippen LogP contribution in [0.3, 0.4) is 0 Å². The second-order valence-electron chi connectivity index (χ2n) is 5.54. The summed E-state index contributed by atoms with van der Waals surface area (Å²) in [4.78, 5) is 2.57. The van der Waals surface area contributed by atoms with E-state index in [1.807, 2.05) is 0 Å². The van der Waals surface area contributed by atoms with Gasteiger partial charge in [0.15, 0.2) is 0 Å². The summed E-state index contributed by atoms with van der Waals surface area (Å²) >= 11 is 0. The lowest BCUT2D eigenvalue weighted by atomic mass is 9.96. The lowest BCUT2D eigenvalue weighted by Gasteiger charge is -2.34. The number of nitrogens with zero attached hydrogens (tertiary/aromatic N) is 1. The summed E-state index contributed by atoms with van der Waals surface area (Å²) in [6.45, 7) is 3.96. The van der Waals surface area contributed by atoms with Gasteiger partial charge in [-0.1, -0.05) is 6.42 Å². The van der Waals surface area contributed by atoms with Crippen LogP contribution in [0.25, 0.3) is 0 Å². The summed E-state index contributed by atoms with van der Waals surface area (Å²) in [6.07, 6.45) is 6.59. The number of hydrogen-bond acceptors (Lipinski definition) is 3. The SMILES string of the molecule is CNC1CCCC1CN1CCCC(CO)C1. The number of hydrogen-bond donors (Lipinski definition) is 2. The predicted molar refractivity (Wildman–Crippen MR) is 66.4 cm³/mol. The molecule has 3 nitrogen and oxygen atoms in total. The maximum absolute atomic E-state index is 9.23. The summed E-state index contributed by atoms with van der Waals surface area (Å²) in [5, 5.41) is 12.7. The molecule has 1 saturated heterocycles. The molecule has 0 aromatic carbocycles. The van der Waals surface area contributed by atoms with E-state index in [0.717, 1.165) is 18.5 Å². The molecule has 2 N–H and O–H groups in total. The fourth-order valence-corrected chi connectivity index (χ4v) is 3.43. The Morgan fingerprint density at radius 3 is 2.88 bits per heavy atom. The van der Waals surface area contributed by atoms with Gasteiger partial charge >= 0.3 is 0 Å². The maximum Gasteiger partial charge on any atom is 0.0471 e. The molecular weight excluding hydrogens is 200 g/mol. The molecule has 94 valence electrons. The zero-order valence-electron chi connectivity index (χ0n) is 10.5. The average molecular weight is 226 g/mol. The summed E-state index contributed by atoms with van der Waals surface area (Å²) in [5.74, 6) is 1.37. The molecule has 1 heterocycles. The first kappa shape index (κ1) is 12.3. The van der Waals surface area contributed by atoms with E-state index in [1.165, 1.54) is 45.2 Å². The monoisotopic (exact) mass is 226 g/mol. The van der Waals surface area contributed by atoms with E-state index in [2.05, 4.69) is 17.3 Å². The summed E-state index contributed by atoms with van der Waals surface area (Å²) in [5.41, 5.74) is 0. The van der Waals surface area contributed by atoms with Crippen molar-refractivity contribution in [3.05, 3.63) is 0 Å². The Bertz CT molecular complexity index is 210. The van der Waals surface area contributed by atoms with Gasteiger partial charge in [-0.25, -0.2) is 0 Å². The average Bonchev–Trinajstić information content (AvgIpc) is 2.76. The predicted octanol–water partition coefficient (Wildman–Crippen LogP) is 1.08. The zero-order chi connectivity index (χ0) is 11.4. The fourth-order valence-electron chi connectivity index (χ4n) is 3.43. The van der Waals surface area contributed by atoms with Crippen LogP contribution in [-0.2, 0) is 0 Å². The van der Waals surface area contributed by atoms with Crippen LogP contribution in [0.1, 0.15) is 32.1 Å². The van der Waals surface area contributed by atoms with Crippen LogP contribution < -0.4 is 5.32 Å². The quantitative estimate of drug-likeness (QED) is 0.753. The van der Waals surface area contributed by atoms with E-state index in [1.54, 1.807) is 0 Å². The van der Waals surface area contributed by atoms with Gasteiger partial charge in [0, 0.05) is 25.7 Å². The minimum absolute atomic E-state index is 0.372. The molecule has 3 heteroatoms. The van der Waals surface area contributed by atoms with Crippen LogP contribution >= 0.6 is 0 Å². The van der Waals surface area contributed by atoms with Gasteiger partial charge in [0.05, 0.1) is 0 Å². The molecule has 2 aliphatic rings. The first-order valence-corrected chi connectivity index (χ1v) is 6.84. The number of rotatable bonds is 4. The van der Waals surface area contributed by atoms with Crippen molar-refractivity contribution in [1.82, 2.24) is 10.2 Å². The van der Waals surface area contributed by atoms with Gasteiger partial charge < -0.3 is 15.3 Å². The topological polar surface area (TPSA) is 35.5 Å². The molecule has 3 atom stereocenters. The molecule has 3 unspecified atom stereocenters. The Balaban J connectivity index is 1.79. The molecule has 0 aromatic rings. The third-order valence-electron chi connectivity index (χ3n) is 4.38. The van der Waals surface area contributed by atoms with Gasteiger partial charge in [-0.05, 0) is 51.1 Å². The zero-order valence-corrected chi connectivity index (χ0v) is 10.5. The fraction of sp³-hybridized carbons (Fsp3) is 1.00. The lowest BCUT2D eigenvalue weighted by Crippen LogP contribution is -2.43. The standard InChI is InChI=1S/C13H26N2O/c1-14-13-6-2-5-12(13)9-15-7-3-4-11(8-15)10-16/h11-14,16H,2-10H2,1H3. The molecule has 1 saturated carbocycles. The van der Waals surface area contributed by atoms with Gasteiger partial charge in [-0.15, -0.1) is 0 Å². The minimum Gasteiger partial charge on any atom is -0.396 e. The Morgan fingerprint density at radius 1 is 1.25 bits per heavy atom. The largest absolute Gasteiger partial charge is 0.396 e. The van der Waals surface area contributed by atoms with Crippen molar-refractivity contribution in [1.29, 1.82) is 0 Å². The van der Waals surface area contributed by atoms with Crippen molar-refractivity contribution < 1.29 is 5.11 Å². The number of piperidine rings is 1. The highest BCUT2D eigenvalue weighted by molar-refractivity contribution is 4.85. The number of likely N-dealkylation sites (tertiary alicyclic amines) is 1. The van der Waals surface area contributed by atoms with Gasteiger partial charge in [0.1, 0.15) is 0 Å². The molecule has 0 bridgehead atoms. The van der Waals surface area contributed by atoms with Gasteiger partial charge in [-0.3, -0.25) is 0 Å². The van der Waals surface area contributed by atoms with E-state index >= 15 is 0 Å². The normalized spacial score (nSPS) is 36.8. The van der Waals surface area contributed by atoms with Crippen LogP contribution in [0.15, 0.2) is 0 Å². The molecule has 1 aliphatic carbocycles. The van der Waals surface area contributed by atoms with Crippen molar-refractivity contribution >= 4 is 0 Å². The van der Waals surface area contributed by atoms with E-state index in [4.69, 9.17) is 0 Å². The van der Waals surface area contributed by atoms with Crippen LogP contribution in [0.2, 0.25) is 0 Å². The van der Waals surface area contributed by atoms with Crippen molar-refractivity contribution in [2.75, 3.05) is 33.3 Å². The molecular formula is C13H26N2O. The smallest absolute Gasteiger partial charge is 0.0471 e. The highest BCUT2D eigenvalue weighted by Crippen LogP contribution is 2.27. The molecule has 0 spiro atoms. The van der Waals surface area contributed by atoms with Crippen molar-refractivity contribution in [3.63, 3.8) is 0 Å². The second kappa shape index (κ2) is 5.99. The highest BCUT2D eigenvalue weighted by atomic mass is 16.3. The second-order valence-corrected chi connectivity index (χ2v) is 5.54. The van der Waals surface area contributed by atoms with Crippen LogP contribution in [0.4, 0.5) is 0 Å². The molecule has 0 amide bonds. The summed E-state index contributed by atoms with van der Waals surface area (Å²) in [7, 11) is 2.09. The third kappa shape index (κ3) is 2.96. The Morgan fingerprint density at radius 2 is 2.12 bits per heavy atom. The molecule has 16 heavy (non-hydrogen) atoms. The summed E-state index contributed by atoms with van der Waals surface area (Å²) < 4.78 is 0. The van der Waals surface area contributed by atoms with E-state index < -0.39 is 0 Å². The Kier molecular flexibility index (Phi) is 4.62. The third-order valence-corrected chi connectivity index (χ3v) is 4.38.